The molecule has 0 bridgehead atoms. The number of fused-ring (bicyclic) bond motifs is 2. The van der Waals surface area contributed by atoms with Gasteiger partial charge in [0, 0.05) is 30.6 Å². The number of amides is 2. The van der Waals surface area contributed by atoms with Gasteiger partial charge in [-0.25, -0.2) is 22.8 Å². The summed E-state index contributed by atoms with van der Waals surface area (Å²) in [5, 5.41) is 2.19. The number of hydroxylamine groups is 4. The van der Waals surface area contributed by atoms with Crippen LogP contribution in [0, 0.1) is 0 Å². The van der Waals surface area contributed by atoms with Crippen LogP contribution in [0.15, 0.2) is 78.0 Å². The van der Waals surface area contributed by atoms with Crippen LogP contribution in [0.2, 0.25) is 0 Å². The number of aromatic nitrogens is 1. The maximum absolute atomic E-state index is 12.1. The van der Waals surface area contributed by atoms with E-state index in [1.54, 1.807) is 5.06 Å². The third-order valence-corrected chi connectivity index (χ3v) is 8.98. The number of rotatable bonds is 14. The predicted molar refractivity (Wildman–Crippen MR) is 172 cm³/mol. The van der Waals surface area contributed by atoms with Gasteiger partial charge in [-0.2, -0.15) is 0 Å². The molecule has 0 N–H and O–H groups in total. The molecule has 4 heterocycles. The fourth-order valence-electron chi connectivity index (χ4n) is 5.65. The Bertz CT molecular complexity index is 1760. The molecule has 3 aliphatic rings. The van der Waals surface area contributed by atoms with Crippen molar-refractivity contribution in [3.05, 3.63) is 84.1 Å². The Morgan fingerprint density at radius 1 is 1.04 bits per heavy atom. The van der Waals surface area contributed by atoms with Crippen LogP contribution in [-0.2, 0) is 41.3 Å². The summed E-state index contributed by atoms with van der Waals surface area (Å²) in [4.78, 5) is 51.1. The van der Waals surface area contributed by atoms with Gasteiger partial charge in [-0.15, -0.1) is 5.06 Å². The van der Waals surface area contributed by atoms with Crippen LogP contribution in [0.25, 0.3) is 5.70 Å². The van der Waals surface area contributed by atoms with Gasteiger partial charge in [-0.05, 0) is 80.9 Å². The second-order valence-corrected chi connectivity index (χ2v) is 13.5. The Morgan fingerprint density at radius 3 is 2.57 bits per heavy atom. The van der Waals surface area contributed by atoms with Gasteiger partial charge in [-0.3, -0.25) is 9.59 Å². The molecule has 5 rings (SSSR count). The molecule has 1 saturated heterocycles. The van der Waals surface area contributed by atoms with Crippen molar-refractivity contribution in [1.29, 1.82) is 0 Å². The number of carbonyl (C=O) groups is 3. The van der Waals surface area contributed by atoms with E-state index in [-0.39, 0.29) is 37.6 Å². The summed E-state index contributed by atoms with van der Waals surface area (Å²) in [5.74, 6) is -0.443. The Kier molecular flexibility index (Phi) is 10.4. The molecule has 0 radical (unpaired) electrons. The van der Waals surface area contributed by atoms with Crippen molar-refractivity contribution in [3.63, 3.8) is 0 Å². The van der Waals surface area contributed by atoms with Crippen LogP contribution in [0.1, 0.15) is 69.9 Å². The van der Waals surface area contributed by atoms with Crippen molar-refractivity contribution >= 4 is 45.1 Å². The summed E-state index contributed by atoms with van der Waals surface area (Å²) in [5.41, 5.74) is 3.36. The maximum Gasteiger partial charge on any atom is 0.333 e. The highest BCUT2D eigenvalue weighted by Crippen LogP contribution is 2.38. The number of pyridine rings is 1. The van der Waals surface area contributed by atoms with Gasteiger partial charge in [-0.1, -0.05) is 30.4 Å². The fourth-order valence-corrected chi connectivity index (χ4v) is 6.13. The molecule has 47 heavy (non-hydrogen) atoms. The number of carbonyl (C=O) groups excluding carboxylic acids is 3. The first-order valence-corrected chi connectivity index (χ1v) is 17.2. The zero-order valence-electron chi connectivity index (χ0n) is 26.5. The number of imide groups is 1. The molecule has 2 amide bonds. The molecule has 248 valence electrons. The second-order valence-electron chi connectivity index (χ2n) is 12.0. The van der Waals surface area contributed by atoms with E-state index in [4.69, 9.17) is 14.7 Å². The van der Waals surface area contributed by atoms with Gasteiger partial charge in [0.25, 0.3) is 11.8 Å². The van der Waals surface area contributed by atoms with Gasteiger partial charge >= 0.3 is 11.8 Å². The quantitative estimate of drug-likeness (QED) is 0.0954. The van der Waals surface area contributed by atoms with E-state index in [1.807, 2.05) is 66.9 Å². The largest absolute Gasteiger partial charge is 0.748 e. The van der Waals surface area contributed by atoms with Crippen molar-refractivity contribution in [2.75, 3.05) is 12.3 Å². The standard InChI is InChI=1S/C34H38N4O8S/c1-34(2)26-14-11-22-36(21-10-4-7-18-32(41)46-38-30(39)19-20-31(38)40)33(26)35-29(34)17-6-3-5-15-27-25-13-8-9-16-28(25)45-37(27)23-12-24-47(42,43)44/h3,5-6,8-9,11,13-17,22H,4,7,10,12,18-21,23-24H2,1-2H3. The Morgan fingerprint density at radius 2 is 1.81 bits per heavy atom. The van der Waals surface area contributed by atoms with E-state index >= 15 is 0 Å². The molecular weight excluding hydrogens is 624 g/mol. The molecule has 0 atom stereocenters. The molecule has 0 saturated carbocycles. The molecule has 0 aliphatic carbocycles. The van der Waals surface area contributed by atoms with Gasteiger partial charge in [0.05, 0.1) is 46.1 Å². The highest BCUT2D eigenvalue weighted by atomic mass is 32.2. The number of hydrogen-bond donors (Lipinski definition) is 0. The number of para-hydroxylation sites is 1. The summed E-state index contributed by atoms with van der Waals surface area (Å²) in [6.45, 7) is 5.23. The van der Waals surface area contributed by atoms with Gasteiger partial charge in [0.15, 0.2) is 11.5 Å². The highest BCUT2D eigenvalue weighted by Gasteiger charge is 2.41. The van der Waals surface area contributed by atoms with E-state index in [9.17, 15) is 27.4 Å². The number of nitrogens with zero attached hydrogens (tertiary/aromatic N) is 4. The van der Waals surface area contributed by atoms with Gasteiger partial charge in [0.1, 0.15) is 0 Å². The average molecular weight is 663 g/mol. The predicted octanol–water partition coefficient (Wildman–Crippen LogP) is 4.20. The summed E-state index contributed by atoms with van der Waals surface area (Å²) >= 11 is 0. The number of aryl methyl sites for hydroxylation is 1. The van der Waals surface area contributed by atoms with E-state index in [1.165, 1.54) is 0 Å². The maximum atomic E-state index is 12.1. The molecular formula is C34H38N4O8S. The SMILES string of the molecule is CC1(C)C(/C=C/C=C/C=C2\c3ccccc3ON2CCCS(=O)(=O)[O-])=Nc2c1ccc[n+]2CCCCCC(=O)ON1C(=O)CCC1=O. The monoisotopic (exact) mass is 662 g/mol. The van der Waals surface area contributed by atoms with Gasteiger partial charge < -0.3 is 14.2 Å². The van der Waals surface area contributed by atoms with Crippen molar-refractivity contribution in [1.82, 2.24) is 10.1 Å². The molecule has 1 aromatic carbocycles. The van der Waals surface area contributed by atoms with Crippen LogP contribution in [0.3, 0.4) is 0 Å². The Labute approximate surface area is 274 Å². The lowest BCUT2D eigenvalue weighted by atomic mass is 9.82. The molecule has 0 unspecified atom stereocenters. The highest BCUT2D eigenvalue weighted by molar-refractivity contribution is 7.85. The lowest BCUT2D eigenvalue weighted by Crippen LogP contribution is -2.35. The van der Waals surface area contributed by atoms with Crippen LogP contribution in [0.5, 0.6) is 5.75 Å². The fraction of sp³-hybridized carbons (Fsp3) is 0.382. The van der Waals surface area contributed by atoms with E-state index < -0.39 is 33.7 Å². The van der Waals surface area contributed by atoms with E-state index in [0.29, 0.717) is 23.8 Å². The minimum atomic E-state index is -4.30. The summed E-state index contributed by atoms with van der Waals surface area (Å²) in [6.07, 6.45) is 14.1. The van der Waals surface area contributed by atoms with E-state index in [2.05, 4.69) is 24.5 Å². The van der Waals surface area contributed by atoms with Crippen LogP contribution < -0.4 is 9.40 Å². The lowest BCUT2D eigenvalue weighted by Gasteiger charge is -2.18. The molecule has 12 nitrogen and oxygen atoms in total. The summed E-state index contributed by atoms with van der Waals surface area (Å²) < 4.78 is 35.3. The smallest absolute Gasteiger partial charge is 0.333 e. The first-order valence-electron chi connectivity index (χ1n) is 15.7. The van der Waals surface area contributed by atoms with Crippen molar-refractivity contribution in [2.45, 2.75) is 70.8 Å². The Hall–Kier alpha value is -4.62. The Balaban J connectivity index is 1.17. The second kappa shape index (κ2) is 14.4. The number of hydrogen-bond acceptors (Lipinski definition) is 10. The third-order valence-electron chi connectivity index (χ3n) is 8.19. The lowest BCUT2D eigenvalue weighted by molar-refractivity contribution is -0.684. The van der Waals surface area contributed by atoms with Crippen molar-refractivity contribution < 1.29 is 41.6 Å². The molecule has 13 heteroatoms. The first-order chi connectivity index (χ1) is 22.4. The van der Waals surface area contributed by atoms with Crippen LogP contribution in [0.4, 0.5) is 5.82 Å². The molecule has 1 aromatic heterocycles. The third kappa shape index (κ3) is 8.22. The normalized spacial score (nSPS) is 17.9. The molecule has 0 spiro atoms. The van der Waals surface area contributed by atoms with Crippen molar-refractivity contribution in [3.8, 4) is 5.75 Å². The minimum absolute atomic E-state index is 0.0743. The zero-order valence-corrected chi connectivity index (χ0v) is 27.3. The average Bonchev–Trinajstić information content (AvgIpc) is 3.62. The van der Waals surface area contributed by atoms with Gasteiger partial charge in [0.2, 0.25) is 0 Å². The van der Waals surface area contributed by atoms with Crippen LogP contribution in [-0.4, -0.2) is 58.9 Å². The number of benzene rings is 1. The number of unbranched alkanes of at least 4 members (excludes halogenated alkanes) is 2. The van der Waals surface area contributed by atoms with Crippen LogP contribution >= 0.6 is 0 Å². The molecule has 1 fully saturated rings. The van der Waals surface area contributed by atoms with Crippen molar-refractivity contribution in [2.24, 2.45) is 4.99 Å². The summed E-state index contributed by atoms with van der Waals surface area (Å²) in [7, 11) is -4.30. The summed E-state index contributed by atoms with van der Waals surface area (Å²) in [6, 6.07) is 11.6. The molecule has 2 aromatic rings. The zero-order chi connectivity index (χ0) is 33.6. The van der Waals surface area contributed by atoms with E-state index in [0.717, 1.165) is 41.2 Å². The first kappa shape index (κ1) is 33.7. The number of aliphatic imine (C=N–C) groups is 1. The minimum Gasteiger partial charge on any atom is -0.748 e. The number of allylic oxidation sites excluding steroid dienone is 5. The molecule has 3 aliphatic heterocycles. The topological polar surface area (TPSA) is 150 Å².